The van der Waals surface area contributed by atoms with Crippen molar-refractivity contribution in [3.63, 3.8) is 0 Å². The topological polar surface area (TPSA) is 45.5 Å². The SMILES string of the molecule is Oc1ccc(Br)cc1C=Nc1cccnc1. The van der Waals surface area contributed by atoms with E-state index in [1.54, 1.807) is 36.8 Å². The average molecular weight is 277 g/mol. The van der Waals surface area contributed by atoms with Crippen LogP contribution in [-0.2, 0) is 0 Å². The van der Waals surface area contributed by atoms with Crippen LogP contribution in [0.15, 0.2) is 52.2 Å². The van der Waals surface area contributed by atoms with E-state index in [0.29, 0.717) is 5.56 Å². The van der Waals surface area contributed by atoms with E-state index in [9.17, 15) is 5.11 Å². The number of phenols is 1. The van der Waals surface area contributed by atoms with Crippen LogP contribution in [0.3, 0.4) is 0 Å². The van der Waals surface area contributed by atoms with Crippen LogP contribution in [0.25, 0.3) is 0 Å². The Bertz CT molecular complexity index is 512. The Kier molecular flexibility index (Phi) is 3.31. The average Bonchev–Trinajstić information content (AvgIpc) is 2.32. The second-order valence-corrected chi connectivity index (χ2v) is 4.09. The third-order valence-electron chi connectivity index (χ3n) is 1.99. The van der Waals surface area contributed by atoms with E-state index in [0.717, 1.165) is 10.2 Å². The second-order valence-electron chi connectivity index (χ2n) is 3.17. The van der Waals surface area contributed by atoms with Gasteiger partial charge in [-0.15, -0.1) is 0 Å². The molecule has 1 aromatic carbocycles. The molecule has 4 heteroatoms. The van der Waals surface area contributed by atoms with Crippen LogP contribution in [0.2, 0.25) is 0 Å². The van der Waals surface area contributed by atoms with Gasteiger partial charge in [0.1, 0.15) is 5.75 Å². The Labute approximate surface area is 102 Å². The summed E-state index contributed by atoms with van der Waals surface area (Å²) in [6, 6.07) is 8.85. The summed E-state index contributed by atoms with van der Waals surface area (Å²) < 4.78 is 0.901. The normalized spacial score (nSPS) is 10.8. The van der Waals surface area contributed by atoms with Crippen molar-refractivity contribution in [2.24, 2.45) is 4.99 Å². The molecule has 2 aromatic rings. The number of pyridine rings is 1. The highest BCUT2D eigenvalue weighted by Gasteiger charge is 1.98. The lowest BCUT2D eigenvalue weighted by Crippen LogP contribution is -1.82. The van der Waals surface area contributed by atoms with Crippen molar-refractivity contribution in [3.8, 4) is 5.75 Å². The van der Waals surface area contributed by atoms with Gasteiger partial charge in [0.05, 0.1) is 11.9 Å². The van der Waals surface area contributed by atoms with Crippen LogP contribution in [0, 0.1) is 0 Å². The number of nitrogens with zero attached hydrogens (tertiary/aromatic N) is 2. The predicted molar refractivity (Wildman–Crippen MR) is 67.3 cm³/mol. The number of benzene rings is 1. The second kappa shape index (κ2) is 4.90. The fourth-order valence-corrected chi connectivity index (χ4v) is 1.58. The quantitative estimate of drug-likeness (QED) is 0.856. The predicted octanol–water partition coefficient (Wildman–Crippen LogP) is 3.30. The van der Waals surface area contributed by atoms with E-state index in [1.165, 1.54) is 0 Å². The molecular formula is C12H9BrN2O. The summed E-state index contributed by atoms with van der Waals surface area (Å²) in [5, 5.41) is 9.59. The van der Waals surface area contributed by atoms with Crippen molar-refractivity contribution >= 4 is 27.8 Å². The first-order chi connectivity index (χ1) is 7.75. The Morgan fingerprint density at radius 1 is 1.31 bits per heavy atom. The molecule has 0 fully saturated rings. The van der Waals surface area contributed by atoms with Gasteiger partial charge in [0.15, 0.2) is 0 Å². The monoisotopic (exact) mass is 276 g/mol. The molecule has 16 heavy (non-hydrogen) atoms. The van der Waals surface area contributed by atoms with E-state index in [1.807, 2.05) is 12.1 Å². The zero-order chi connectivity index (χ0) is 11.4. The zero-order valence-electron chi connectivity index (χ0n) is 8.34. The van der Waals surface area contributed by atoms with Crippen LogP contribution in [0.5, 0.6) is 5.75 Å². The molecule has 80 valence electrons. The van der Waals surface area contributed by atoms with Crippen LogP contribution in [0.4, 0.5) is 5.69 Å². The molecule has 0 spiro atoms. The first-order valence-electron chi connectivity index (χ1n) is 4.68. The van der Waals surface area contributed by atoms with Crippen LogP contribution in [-0.4, -0.2) is 16.3 Å². The molecule has 2 rings (SSSR count). The van der Waals surface area contributed by atoms with E-state index >= 15 is 0 Å². The smallest absolute Gasteiger partial charge is 0.124 e. The van der Waals surface area contributed by atoms with Crippen molar-refractivity contribution in [1.29, 1.82) is 0 Å². The molecule has 0 saturated carbocycles. The Morgan fingerprint density at radius 3 is 2.94 bits per heavy atom. The fourth-order valence-electron chi connectivity index (χ4n) is 1.20. The van der Waals surface area contributed by atoms with Gasteiger partial charge in [0, 0.05) is 22.4 Å². The number of hydrogen-bond donors (Lipinski definition) is 1. The van der Waals surface area contributed by atoms with Gasteiger partial charge in [-0.3, -0.25) is 9.98 Å². The maximum absolute atomic E-state index is 9.59. The third kappa shape index (κ3) is 2.67. The molecule has 0 aliphatic heterocycles. The summed E-state index contributed by atoms with van der Waals surface area (Å²) in [6.07, 6.45) is 4.96. The summed E-state index contributed by atoms with van der Waals surface area (Å²) in [6.45, 7) is 0. The van der Waals surface area contributed by atoms with Gasteiger partial charge in [-0.25, -0.2) is 0 Å². The van der Waals surface area contributed by atoms with Crippen molar-refractivity contribution in [3.05, 3.63) is 52.8 Å². The first-order valence-corrected chi connectivity index (χ1v) is 5.47. The van der Waals surface area contributed by atoms with Crippen molar-refractivity contribution < 1.29 is 5.11 Å². The van der Waals surface area contributed by atoms with Crippen molar-refractivity contribution in [1.82, 2.24) is 4.98 Å². The number of halogens is 1. The molecule has 3 nitrogen and oxygen atoms in total. The number of hydrogen-bond acceptors (Lipinski definition) is 3. The van der Waals surface area contributed by atoms with Gasteiger partial charge < -0.3 is 5.11 Å². The largest absolute Gasteiger partial charge is 0.507 e. The Hall–Kier alpha value is -1.68. The van der Waals surface area contributed by atoms with E-state index in [2.05, 4.69) is 25.9 Å². The van der Waals surface area contributed by atoms with E-state index in [-0.39, 0.29) is 5.75 Å². The van der Waals surface area contributed by atoms with Gasteiger partial charge in [-0.2, -0.15) is 0 Å². The minimum absolute atomic E-state index is 0.204. The summed E-state index contributed by atoms with van der Waals surface area (Å²) >= 11 is 3.34. The molecule has 0 radical (unpaired) electrons. The zero-order valence-corrected chi connectivity index (χ0v) is 9.92. The lowest BCUT2D eigenvalue weighted by molar-refractivity contribution is 0.474. The van der Waals surface area contributed by atoms with Gasteiger partial charge in [-0.1, -0.05) is 15.9 Å². The molecule has 0 aliphatic rings. The molecule has 0 amide bonds. The van der Waals surface area contributed by atoms with E-state index in [4.69, 9.17) is 0 Å². The summed E-state index contributed by atoms with van der Waals surface area (Å²) in [7, 11) is 0. The van der Waals surface area contributed by atoms with Crippen molar-refractivity contribution in [2.75, 3.05) is 0 Å². The standard InChI is InChI=1S/C12H9BrN2O/c13-10-3-4-12(16)9(6-10)7-15-11-2-1-5-14-8-11/h1-8,16H. The molecule has 0 bridgehead atoms. The fraction of sp³-hybridized carbons (Fsp3) is 0. The van der Waals surface area contributed by atoms with Crippen molar-refractivity contribution in [2.45, 2.75) is 0 Å². The van der Waals surface area contributed by atoms with Crippen LogP contribution >= 0.6 is 15.9 Å². The lowest BCUT2D eigenvalue weighted by Gasteiger charge is -1.98. The third-order valence-corrected chi connectivity index (χ3v) is 2.48. The number of aliphatic imine (C=N–C) groups is 1. The molecular weight excluding hydrogens is 268 g/mol. The van der Waals surface area contributed by atoms with Crippen LogP contribution in [0.1, 0.15) is 5.56 Å². The maximum Gasteiger partial charge on any atom is 0.124 e. The summed E-state index contributed by atoms with van der Waals surface area (Å²) in [5.41, 5.74) is 1.42. The first kappa shape index (κ1) is 10.8. The van der Waals surface area contributed by atoms with E-state index < -0.39 is 0 Å². The number of phenolic OH excluding ortho intramolecular Hbond substituents is 1. The summed E-state index contributed by atoms with van der Waals surface area (Å²) in [4.78, 5) is 8.16. The van der Waals surface area contributed by atoms with Crippen LogP contribution < -0.4 is 0 Å². The van der Waals surface area contributed by atoms with Gasteiger partial charge in [0.2, 0.25) is 0 Å². The molecule has 0 unspecified atom stereocenters. The number of aromatic hydroxyl groups is 1. The summed E-state index contributed by atoms with van der Waals surface area (Å²) in [5.74, 6) is 0.204. The molecule has 0 saturated heterocycles. The Morgan fingerprint density at radius 2 is 2.19 bits per heavy atom. The molecule has 1 heterocycles. The molecule has 1 aromatic heterocycles. The maximum atomic E-state index is 9.59. The minimum Gasteiger partial charge on any atom is -0.507 e. The molecule has 1 N–H and O–H groups in total. The van der Waals surface area contributed by atoms with Gasteiger partial charge in [0.25, 0.3) is 0 Å². The number of aromatic nitrogens is 1. The number of rotatable bonds is 2. The highest BCUT2D eigenvalue weighted by atomic mass is 79.9. The van der Waals surface area contributed by atoms with Gasteiger partial charge in [-0.05, 0) is 30.3 Å². The molecule has 0 aliphatic carbocycles. The lowest BCUT2D eigenvalue weighted by atomic mass is 10.2. The Balaban J connectivity index is 2.27. The van der Waals surface area contributed by atoms with Gasteiger partial charge >= 0.3 is 0 Å². The molecule has 0 atom stereocenters. The minimum atomic E-state index is 0.204. The highest BCUT2D eigenvalue weighted by Crippen LogP contribution is 2.20. The highest BCUT2D eigenvalue weighted by molar-refractivity contribution is 9.10.